The van der Waals surface area contributed by atoms with E-state index >= 15 is 0 Å². The molecule has 1 heterocycles. The summed E-state index contributed by atoms with van der Waals surface area (Å²) in [6, 6.07) is 6.97. The standard InChI is InChI=1S/C12H14N4O4S/c1-21(19,20)14-7-6-13-10-8-4-2-3-5-9(8)15-11(16-10)12(17)18/h2-5,14H,6-7H2,1H3,(H,17,18)(H,13,15,16). The summed E-state index contributed by atoms with van der Waals surface area (Å²) in [7, 11) is -3.26. The van der Waals surface area contributed by atoms with E-state index in [2.05, 4.69) is 20.0 Å². The largest absolute Gasteiger partial charge is 0.475 e. The summed E-state index contributed by atoms with van der Waals surface area (Å²) in [6.45, 7) is 0.437. The van der Waals surface area contributed by atoms with E-state index < -0.39 is 16.0 Å². The van der Waals surface area contributed by atoms with Crippen molar-refractivity contribution < 1.29 is 18.3 Å². The van der Waals surface area contributed by atoms with Crippen LogP contribution in [0.25, 0.3) is 10.9 Å². The van der Waals surface area contributed by atoms with Crippen molar-refractivity contribution >= 4 is 32.7 Å². The summed E-state index contributed by atoms with van der Waals surface area (Å²) in [4.78, 5) is 18.9. The van der Waals surface area contributed by atoms with Gasteiger partial charge in [-0.25, -0.2) is 27.9 Å². The Hall–Kier alpha value is -2.26. The normalized spacial score (nSPS) is 11.5. The van der Waals surface area contributed by atoms with Crippen LogP contribution in [0.3, 0.4) is 0 Å². The van der Waals surface area contributed by atoms with E-state index in [1.807, 2.05) is 0 Å². The van der Waals surface area contributed by atoms with Gasteiger partial charge in [0.05, 0.1) is 11.8 Å². The predicted octanol–water partition coefficient (Wildman–Crippen LogP) is 0.289. The fourth-order valence-electron chi connectivity index (χ4n) is 1.72. The van der Waals surface area contributed by atoms with Gasteiger partial charge in [-0.05, 0) is 12.1 Å². The molecule has 0 saturated carbocycles. The molecule has 9 heteroatoms. The highest BCUT2D eigenvalue weighted by molar-refractivity contribution is 7.88. The Bertz CT molecular complexity index is 776. The van der Waals surface area contributed by atoms with Crippen LogP contribution in [0.1, 0.15) is 10.6 Å². The molecule has 21 heavy (non-hydrogen) atoms. The van der Waals surface area contributed by atoms with Crippen molar-refractivity contribution in [3.05, 3.63) is 30.1 Å². The molecule has 0 fully saturated rings. The average molecular weight is 310 g/mol. The number of carbonyl (C=O) groups is 1. The first-order valence-electron chi connectivity index (χ1n) is 6.05. The van der Waals surface area contributed by atoms with Crippen LogP contribution in [0.2, 0.25) is 0 Å². The molecule has 0 amide bonds. The summed E-state index contributed by atoms with van der Waals surface area (Å²) >= 11 is 0. The highest BCUT2D eigenvalue weighted by atomic mass is 32.2. The zero-order valence-corrected chi connectivity index (χ0v) is 12.0. The van der Waals surface area contributed by atoms with E-state index in [1.54, 1.807) is 24.3 Å². The maximum absolute atomic E-state index is 11.0. The molecule has 0 saturated heterocycles. The number of anilines is 1. The zero-order chi connectivity index (χ0) is 15.5. The van der Waals surface area contributed by atoms with Gasteiger partial charge in [-0.3, -0.25) is 0 Å². The van der Waals surface area contributed by atoms with Crippen LogP contribution in [0, 0.1) is 0 Å². The number of hydrogen-bond donors (Lipinski definition) is 3. The molecule has 0 aliphatic carbocycles. The van der Waals surface area contributed by atoms with Gasteiger partial charge in [0.2, 0.25) is 15.8 Å². The number of aromatic nitrogens is 2. The van der Waals surface area contributed by atoms with Gasteiger partial charge < -0.3 is 10.4 Å². The molecule has 2 rings (SSSR count). The van der Waals surface area contributed by atoms with Crippen molar-refractivity contribution in [2.75, 3.05) is 24.7 Å². The van der Waals surface area contributed by atoms with Gasteiger partial charge in [-0.15, -0.1) is 0 Å². The van der Waals surface area contributed by atoms with Gasteiger partial charge in [0, 0.05) is 18.5 Å². The van der Waals surface area contributed by atoms with E-state index in [0.717, 1.165) is 6.26 Å². The first-order chi connectivity index (χ1) is 9.87. The average Bonchev–Trinajstić information content (AvgIpc) is 2.42. The molecule has 8 nitrogen and oxygen atoms in total. The first kappa shape index (κ1) is 15.1. The van der Waals surface area contributed by atoms with Crippen LogP contribution in [-0.4, -0.2) is 48.8 Å². The van der Waals surface area contributed by atoms with Gasteiger partial charge >= 0.3 is 5.97 Å². The minimum Gasteiger partial charge on any atom is -0.475 e. The fourth-order valence-corrected chi connectivity index (χ4v) is 2.20. The predicted molar refractivity (Wildman–Crippen MR) is 77.8 cm³/mol. The summed E-state index contributed by atoms with van der Waals surface area (Å²) in [5.41, 5.74) is 0.503. The third-order valence-corrected chi connectivity index (χ3v) is 3.30. The van der Waals surface area contributed by atoms with Crippen molar-refractivity contribution in [1.82, 2.24) is 14.7 Å². The lowest BCUT2D eigenvalue weighted by molar-refractivity contribution is 0.0684. The molecule has 1 aromatic heterocycles. The van der Waals surface area contributed by atoms with Crippen molar-refractivity contribution in [1.29, 1.82) is 0 Å². The van der Waals surface area contributed by atoms with Gasteiger partial charge in [-0.2, -0.15) is 0 Å². The molecule has 0 aliphatic heterocycles. The Morgan fingerprint density at radius 1 is 1.24 bits per heavy atom. The number of hydrogen-bond acceptors (Lipinski definition) is 6. The van der Waals surface area contributed by atoms with Crippen LogP contribution >= 0.6 is 0 Å². The van der Waals surface area contributed by atoms with Crippen LogP contribution in [0.4, 0.5) is 5.82 Å². The molecular weight excluding hydrogens is 296 g/mol. The second-order valence-corrected chi connectivity index (χ2v) is 6.14. The molecule has 0 unspecified atom stereocenters. The van der Waals surface area contributed by atoms with Crippen LogP contribution in [0.5, 0.6) is 0 Å². The lowest BCUT2D eigenvalue weighted by atomic mass is 10.2. The molecule has 0 radical (unpaired) electrons. The lowest BCUT2D eigenvalue weighted by Gasteiger charge is -2.09. The Morgan fingerprint density at radius 3 is 2.62 bits per heavy atom. The van der Waals surface area contributed by atoms with E-state index in [0.29, 0.717) is 16.7 Å². The zero-order valence-electron chi connectivity index (χ0n) is 11.2. The summed E-state index contributed by atoms with van der Waals surface area (Å²) in [5, 5.41) is 12.6. The van der Waals surface area contributed by atoms with Crippen LogP contribution < -0.4 is 10.0 Å². The molecule has 3 N–H and O–H groups in total. The highest BCUT2D eigenvalue weighted by Gasteiger charge is 2.12. The molecule has 1 aromatic carbocycles. The number of para-hydroxylation sites is 1. The van der Waals surface area contributed by atoms with Crippen molar-refractivity contribution in [3.63, 3.8) is 0 Å². The first-order valence-corrected chi connectivity index (χ1v) is 7.94. The second-order valence-electron chi connectivity index (χ2n) is 4.31. The van der Waals surface area contributed by atoms with E-state index in [1.165, 1.54) is 0 Å². The molecule has 0 atom stereocenters. The lowest BCUT2D eigenvalue weighted by Crippen LogP contribution is -2.28. The van der Waals surface area contributed by atoms with E-state index in [-0.39, 0.29) is 18.9 Å². The number of nitrogens with one attached hydrogen (secondary N) is 2. The SMILES string of the molecule is CS(=O)(=O)NCCNc1nc(C(=O)O)nc2ccccc12. The maximum atomic E-state index is 11.0. The summed E-state index contributed by atoms with van der Waals surface area (Å²) < 4.78 is 24.2. The minimum absolute atomic E-state index is 0.166. The van der Waals surface area contributed by atoms with Gasteiger partial charge in [0.25, 0.3) is 0 Å². The molecular formula is C12H14N4O4S. The van der Waals surface area contributed by atoms with E-state index in [9.17, 15) is 13.2 Å². The van der Waals surface area contributed by atoms with Gasteiger partial charge in [0.15, 0.2) is 0 Å². The fraction of sp³-hybridized carbons (Fsp3) is 0.250. The quantitative estimate of drug-likeness (QED) is 0.655. The Balaban J connectivity index is 2.23. The number of carboxylic acid groups (broad SMARTS) is 1. The number of fused-ring (bicyclic) bond motifs is 1. The van der Waals surface area contributed by atoms with Gasteiger partial charge in [-0.1, -0.05) is 12.1 Å². The smallest absolute Gasteiger partial charge is 0.374 e. The Kier molecular flexibility index (Phi) is 4.34. The molecule has 112 valence electrons. The molecule has 0 spiro atoms. The number of benzene rings is 1. The monoisotopic (exact) mass is 310 g/mol. The molecule has 0 aliphatic rings. The van der Waals surface area contributed by atoms with Crippen LogP contribution in [-0.2, 0) is 10.0 Å². The van der Waals surface area contributed by atoms with Crippen molar-refractivity contribution in [3.8, 4) is 0 Å². The summed E-state index contributed by atoms with van der Waals surface area (Å²) in [5.74, 6) is -1.18. The van der Waals surface area contributed by atoms with Crippen molar-refractivity contribution in [2.24, 2.45) is 0 Å². The third kappa shape index (κ3) is 4.10. The summed E-state index contributed by atoms with van der Waals surface area (Å²) in [6.07, 6.45) is 1.07. The molecule has 2 aromatic rings. The number of nitrogens with zero attached hydrogens (tertiary/aromatic N) is 2. The van der Waals surface area contributed by atoms with Gasteiger partial charge in [0.1, 0.15) is 5.82 Å². The maximum Gasteiger partial charge on any atom is 0.374 e. The third-order valence-electron chi connectivity index (χ3n) is 2.58. The minimum atomic E-state index is -3.26. The second kappa shape index (κ2) is 6.02. The van der Waals surface area contributed by atoms with Crippen molar-refractivity contribution in [2.45, 2.75) is 0 Å². The molecule has 0 bridgehead atoms. The highest BCUT2D eigenvalue weighted by Crippen LogP contribution is 2.19. The number of carboxylic acids is 1. The Labute approximate surface area is 121 Å². The Morgan fingerprint density at radius 2 is 1.95 bits per heavy atom. The topological polar surface area (TPSA) is 121 Å². The van der Waals surface area contributed by atoms with Crippen LogP contribution in [0.15, 0.2) is 24.3 Å². The van der Waals surface area contributed by atoms with E-state index in [4.69, 9.17) is 5.11 Å². The number of rotatable bonds is 6. The number of aromatic carboxylic acids is 1. The number of sulfonamides is 1.